The van der Waals surface area contributed by atoms with Gasteiger partial charge in [-0.3, -0.25) is 0 Å². The zero-order valence-electron chi connectivity index (χ0n) is 10.7. The Kier molecular flexibility index (Phi) is 3.02. The van der Waals surface area contributed by atoms with E-state index in [1.165, 1.54) is 32.1 Å². The lowest BCUT2D eigenvalue weighted by molar-refractivity contribution is 0.219. The summed E-state index contributed by atoms with van der Waals surface area (Å²) in [4.78, 5) is 9.13. The minimum atomic E-state index is 0.131. The molecule has 0 atom stereocenters. The third-order valence-corrected chi connectivity index (χ3v) is 4.31. The summed E-state index contributed by atoms with van der Waals surface area (Å²) >= 11 is 6.07. The van der Waals surface area contributed by atoms with E-state index in [9.17, 15) is 0 Å². The van der Waals surface area contributed by atoms with Crippen LogP contribution in [0.5, 0.6) is 0 Å². The molecule has 0 radical (unpaired) electrons. The number of hydrogen-bond acceptors (Lipinski definition) is 2. The summed E-state index contributed by atoms with van der Waals surface area (Å²) < 4.78 is 2.29. The normalized spacial score (nSPS) is 19.2. The van der Waals surface area contributed by atoms with E-state index in [-0.39, 0.29) is 5.54 Å². The van der Waals surface area contributed by atoms with Gasteiger partial charge in [-0.2, -0.15) is 0 Å². The summed E-state index contributed by atoms with van der Waals surface area (Å²) in [5.74, 6) is 1.40. The number of pyridine rings is 1. The average molecular weight is 264 g/mol. The van der Waals surface area contributed by atoms with Gasteiger partial charge >= 0.3 is 0 Å². The molecule has 0 aromatic carbocycles. The first-order valence-corrected chi connectivity index (χ1v) is 7.17. The molecule has 0 bridgehead atoms. The van der Waals surface area contributed by atoms with Gasteiger partial charge < -0.3 is 4.57 Å². The lowest BCUT2D eigenvalue weighted by Gasteiger charge is -2.36. The fraction of sp³-hybridized carbons (Fsp3) is 0.571. The quantitative estimate of drug-likeness (QED) is 0.771. The Hall–Kier alpha value is -1.09. The van der Waals surface area contributed by atoms with Crippen LogP contribution >= 0.6 is 11.6 Å². The van der Waals surface area contributed by atoms with Crippen molar-refractivity contribution in [2.75, 3.05) is 0 Å². The Morgan fingerprint density at radius 1 is 1.33 bits per heavy atom. The van der Waals surface area contributed by atoms with Crippen molar-refractivity contribution in [1.82, 2.24) is 14.5 Å². The second-order valence-corrected chi connectivity index (χ2v) is 5.67. The van der Waals surface area contributed by atoms with Crippen LogP contribution in [0.15, 0.2) is 18.3 Å². The molecule has 3 rings (SSSR count). The highest BCUT2D eigenvalue weighted by Crippen LogP contribution is 2.37. The molecule has 0 unspecified atom stereocenters. The van der Waals surface area contributed by atoms with Gasteiger partial charge in [-0.15, -0.1) is 11.6 Å². The highest BCUT2D eigenvalue weighted by atomic mass is 35.5. The van der Waals surface area contributed by atoms with E-state index >= 15 is 0 Å². The number of rotatable bonds is 2. The van der Waals surface area contributed by atoms with Crippen molar-refractivity contribution in [2.45, 2.75) is 50.4 Å². The highest BCUT2D eigenvalue weighted by Gasteiger charge is 2.32. The molecule has 1 saturated carbocycles. The molecule has 18 heavy (non-hydrogen) atoms. The molecule has 0 N–H and O–H groups in total. The fourth-order valence-electron chi connectivity index (χ4n) is 3.15. The van der Waals surface area contributed by atoms with Crippen LogP contribution in [0.1, 0.15) is 44.9 Å². The van der Waals surface area contributed by atoms with E-state index in [1.54, 1.807) is 0 Å². The van der Waals surface area contributed by atoms with E-state index < -0.39 is 0 Å². The summed E-state index contributed by atoms with van der Waals surface area (Å²) in [5.41, 5.74) is 2.07. The zero-order valence-corrected chi connectivity index (χ0v) is 11.5. The number of halogens is 1. The number of nitrogens with zero attached hydrogens (tertiary/aromatic N) is 3. The van der Waals surface area contributed by atoms with Crippen LogP contribution in [-0.4, -0.2) is 14.5 Å². The molecule has 0 amide bonds. The van der Waals surface area contributed by atoms with E-state index in [0.717, 1.165) is 17.0 Å². The molecule has 2 heterocycles. The van der Waals surface area contributed by atoms with Crippen molar-refractivity contribution in [3.63, 3.8) is 0 Å². The molecular weight excluding hydrogens is 246 g/mol. The van der Waals surface area contributed by atoms with Crippen molar-refractivity contribution < 1.29 is 0 Å². The number of alkyl halides is 1. The molecular formula is C14H18ClN3. The lowest BCUT2D eigenvalue weighted by Crippen LogP contribution is -2.33. The summed E-state index contributed by atoms with van der Waals surface area (Å²) in [5, 5.41) is 0. The first-order chi connectivity index (χ1) is 8.74. The monoisotopic (exact) mass is 263 g/mol. The zero-order chi connectivity index (χ0) is 12.6. The molecule has 1 aliphatic rings. The van der Waals surface area contributed by atoms with Crippen LogP contribution in [-0.2, 0) is 11.4 Å². The van der Waals surface area contributed by atoms with Crippen LogP contribution in [0.2, 0.25) is 0 Å². The summed E-state index contributed by atoms with van der Waals surface area (Å²) in [7, 11) is 0. The fourth-order valence-corrected chi connectivity index (χ4v) is 3.33. The van der Waals surface area contributed by atoms with Crippen molar-refractivity contribution >= 4 is 22.8 Å². The Bertz CT molecular complexity index is 555. The second-order valence-electron chi connectivity index (χ2n) is 5.40. The summed E-state index contributed by atoms with van der Waals surface area (Å²) in [6, 6.07) is 3.95. The topological polar surface area (TPSA) is 30.7 Å². The third-order valence-electron chi connectivity index (χ3n) is 4.08. The Morgan fingerprint density at radius 3 is 2.83 bits per heavy atom. The first kappa shape index (κ1) is 12.0. The van der Waals surface area contributed by atoms with Gasteiger partial charge in [-0.05, 0) is 31.9 Å². The smallest absolute Gasteiger partial charge is 0.160 e. The van der Waals surface area contributed by atoms with E-state index in [2.05, 4.69) is 21.5 Å². The van der Waals surface area contributed by atoms with Gasteiger partial charge in [0.15, 0.2) is 5.65 Å². The average Bonchev–Trinajstić information content (AvgIpc) is 2.78. The number of imidazole rings is 1. The SMILES string of the molecule is CC1(n2c(CCl)nc3cccnc32)CCCCC1. The van der Waals surface area contributed by atoms with Gasteiger partial charge in [0, 0.05) is 11.7 Å². The first-order valence-electron chi connectivity index (χ1n) is 6.63. The standard InChI is InChI=1S/C14H18ClN3/c1-14(7-3-2-4-8-14)18-12(10-15)17-11-6-5-9-16-13(11)18/h5-6,9H,2-4,7-8,10H2,1H3. The van der Waals surface area contributed by atoms with Gasteiger partial charge in [0.05, 0.1) is 5.88 Å². The molecule has 1 fully saturated rings. The Morgan fingerprint density at radius 2 is 2.11 bits per heavy atom. The predicted octanol–water partition coefficient (Wildman–Crippen LogP) is 3.85. The molecule has 96 valence electrons. The molecule has 4 heteroatoms. The van der Waals surface area contributed by atoms with Gasteiger partial charge in [0.1, 0.15) is 11.3 Å². The van der Waals surface area contributed by atoms with Crippen molar-refractivity contribution in [3.05, 3.63) is 24.2 Å². The van der Waals surface area contributed by atoms with Gasteiger partial charge in [0.2, 0.25) is 0 Å². The highest BCUT2D eigenvalue weighted by molar-refractivity contribution is 6.16. The lowest BCUT2D eigenvalue weighted by atomic mass is 9.83. The molecule has 0 spiro atoms. The molecule has 0 aliphatic heterocycles. The Balaban J connectivity index is 2.19. The van der Waals surface area contributed by atoms with Crippen LogP contribution in [0, 0.1) is 0 Å². The van der Waals surface area contributed by atoms with Crippen LogP contribution < -0.4 is 0 Å². The molecule has 1 aliphatic carbocycles. The van der Waals surface area contributed by atoms with Crippen molar-refractivity contribution in [1.29, 1.82) is 0 Å². The van der Waals surface area contributed by atoms with Crippen LogP contribution in [0.25, 0.3) is 11.2 Å². The van der Waals surface area contributed by atoms with Crippen LogP contribution in [0.4, 0.5) is 0 Å². The second kappa shape index (κ2) is 4.54. The van der Waals surface area contributed by atoms with Crippen LogP contribution in [0.3, 0.4) is 0 Å². The Labute approximate surface area is 112 Å². The van der Waals surface area contributed by atoms with Gasteiger partial charge in [-0.1, -0.05) is 19.3 Å². The van der Waals surface area contributed by atoms with Crippen molar-refractivity contribution in [3.8, 4) is 0 Å². The summed E-state index contributed by atoms with van der Waals surface area (Å²) in [6.07, 6.45) is 8.13. The number of hydrogen-bond donors (Lipinski definition) is 0. The maximum atomic E-state index is 6.07. The molecule has 3 nitrogen and oxygen atoms in total. The van der Waals surface area contributed by atoms with Gasteiger partial charge in [0.25, 0.3) is 0 Å². The molecule has 0 saturated heterocycles. The largest absolute Gasteiger partial charge is 0.306 e. The summed E-state index contributed by atoms with van der Waals surface area (Å²) in [6.45, 7) is 2.32. The minimum absolute atomic E-state index is 0.131. The number of aromatic nitrogens is 3. The van der Waals surface area contributed by atoms with E-state index in [1.807, 2.05) is 18.3 Å². The number of fused-ring (bicyclic) bond motifs is 1. The maximum Gasteiger partial charge on any atom is 0.160 e. The van der Waals surface area contributed by atoms with E-state index in [4.69, 9.17) is 11.6 Å². The molecule has 2 aromatic rings. The van der Waals surface area contributed by atoms with Crippen molar-refractivity contribution in [2.24, 2.45) is 0 Å². The van der Waals surface area contributed by atoms with Gasteiger partial charge in [-0.25, -0.2) is 9.97 Å². The maximum absolute atomic E-state index is 6.07. The van der Waals surface area contributed by atoms with E-state index in [0.29, 0.717) is 5.88 Å². The molecule has 2 aromatic heterocycles. The third kappa shape index (κ3) is 1.81. The minimum Gasteiger partial charge on any atom is -0.306 e. The predicted molar refractivity (Wildman–Crippen MR) is 73.8 cm³/mol.